The van der Waals surface area contributed by atoms with Crippen LogP contribution in [0.1, 0.15) is 36.9 Å². The Morgan fingerprint density at radius 1 is 1.16 bits per heavy atom. The number of likely N-dealkylation sites (tertiary alicyclic amines) is 1. The standard InChI is InChI=1S/C24H27N3O4/c1-3-26-11-9-24(10-12-26)27-19(17-5-4-6-21(28-2)23(17)31-24)14-18(25-27)16-7-8-20-22(13-16)30-15-29-20/h4-8,13-14,19,25H,3,9-12,15H2,1-2H3/p+1/t19-/m0/s1. The molecule has 7 nitrogen and oxygen atoms in total. The molecule has 6 rings (SSSR count). The quantitative estimate of drug-likeness (QED) is 0.790. The Morgan fingerprint density at radius 3 is 2.81 bits per heavy atom. The van der Waals surface area contributed by atoms with Gasteiger partial charge in [-0.3, -0.25) is 0 Å². The molecule has 0 radical (unpaired) electrons. The molecule has 2 aromatic carbocycles. The second kappa shape index (κ2) is 7.07. The third-order valence-corrected chi connectivity index (χ3v) is 7.04. The Balaban J connectivity index is 1.41. The molecule has 7 heteroatoms. The van der Waals surface area contributed by atoms with E-state index >= 15 is 0 Å². The lowest BCUT2D eigenvalue weighted by Crippen LogP contribution is -3.13. The summed E-state index contributed by atoms with van der Waals surface area (Å²) in [7, 11) is 1.71. The first kappa shape index (κ1) is 18.8. The summed E-state index contributed by atoms with van der Waals surface area (Å²) in [5.74, 6) is 3.26. The minimum Gasteiger partial charge on any atom is -0.493 e. The van der Waals surface area contributed by atoms with Gasteiger partial charge in [-0.2, -0.15) is 5.01 Å². The SMILES string of the molecule is CC[NH+]1CCC2(CC1)Oc1c(OC)cccc1[C@@H]1C=C(c3ccc4c(c3)OCO4)NN12. The number of quaternary nitrogens is 1. The van der Waals surface area contributed by atoms with Gasteiger partial charge in [0.05, 0.1) is 51.3 Å². The van der Waals surface area contributed by atoms with Crippen molar-refractivity contribution in [2.75, 3.05) is 33.5 Å². The van der Waals surface area contributed by atoms with Gasteiger partial charge in [0.2, 0.25) is 6.79 Å². The molecule has 4 aliphatic heterocycles. The van der Waals surface area contributed by atoms with E-state index < -0.39 is 5.72 Å². The lowest BCUT2D eigenvalue weighted by molar-refractivity contribution is -0.906. The van der Waals surface area contributed by atoms with Crippen molar-refractivity contribution in [1.29, 1.82) is 0 Å². The van der Waals surface area contributed by atoms with E-state index in [1.165, 1.54) is 0 Å². The highest BCUT2D eigenvalue weighted by atomic mass is 16.7. The molecule has 1 fully saturated rings. The number of piperidine rings is 1. The maximum absolute atomic E-state index is 6.79. The third-order valence-electron chi connectivity index (χ3n) is 7.04. The van der Waals surface area contributed by atoms with Crippen LogP contribution in [0.25, 0.3) is 5.70 Å². The van der Waals surface area contributed by atoms with Gasteiger partial charge in [0.1, 0.15) is 0 Å². The number of hydrazine groups is 1. The van der Waals surface area contributed by atoms with E-state index in [1.54, 1.807) is 12.0 Å². The van der Waals surface area contributed by atoms with Crippen molar-refractivity contribution in [3.63, 3.8) is 0 Å². The van der Waals surface area contributed by atoms with E-state index in [0.717, 1.165) is 72.3 Å². The van der Waals surface area contributed by atoms with Crippen molar-refractivity contribution in [1.82, 2.24) is 10.4 Å². The number of nitrogens with one attached hydrogen (secondary N) is 2. The Morgan fingerprint density at radius 2 is 2.00 bits per heavy atom. The minimum atomic E-state index is -0.403. The van der Waals surface area contributed by atoms with Gasteiger partial charge in [0.25, 0.3) is 0 Å². The number of nitrogens with zero attached hydrogens (tertiary/aromatic N) is 1. The Hall–Kier alpha value is -2.90. The predicted molar refractivity (Wildman–Crippen MR) is 115 cm³/mol. The fraction of sp³-hybridized carbons (Fsp3) is 0.417. The molecule has 31 heavy (non-hydrogen) atoms. The van der Waals surface area contributed by atoms with Crippen molar-refractivity contribution in [3.8, 4) is 23.0 Å². The van der Waals surface area contributed by atoms with Crippen LogP contribution in [0.3, 0.4) is 0 Å². The second-order valence-electron chi connectivity index (χ2n) is 8.61. The molecule has 1 saturated heterocycles. The first-order valence-electron chi connectivity index (χ1n) is 11.1. The van der Waals surface area contributed by atoms with Crippen LogP contribution in [0.2, 0.25) is 0 Å². The van der Waals surface area contributed by atoms with Gasteiger partial charge in [-0.25, -0.2) is 0 Å². The van der Waals surface area contributed by atoms with E-state index in [-0.39, 0.29) is 12.8 Å². The predicted octanol–water partition coefficient (Wildman–Crippen LogP) is 2.11. The Kier molecular flexibility index (Phi) is 4.30. The molecule has 4 heterocycles. The van der Waals surface area contributed by atoms with E-state index in [4.69, 9.17) is 18.9 Å². The molecule has 0 unspecified atom stereocenters. The molecule has 0 aromatic heterocycles. The highest BCUT2D eigenvalue weighted by Gasteiger charge is 2.53. The normalized spacial score (nSPS) is 28.4. The largest absolute Gasteiger partial charge is 0.493 e. The molecule has 4 aliphatic rings. The summed E-state index contributed by atoms with van der Waals surface area (Å²) in [4.78, 5) is 1.62. The fourth-order valence-electron chi connectivity index (χ4n) is 5.24. The third kappa shape index (κ3) is 2.87. The van der Waals surface area contributed by atoms with Gasteiger partial charge < -0.3 is 29.3 Å². The number of methoxy groups -OCH3 is 1. The summed E-state index contributed by atoms with van der Waals surface area (Å²) in [6.45, 7) is 5.86. The summed E-state index contributed by atoms with van der Waals surface area (Å²) >= 11 is 0. The molecule has 2 aromatic rings. The number of para-hydroxylation sites is 1. The topological polar surface area (TPSA) is 56.6 Å². The van der Waals surface area contributed by atoms with Gasteiger partial charge in [0, 0.05) is 11.1 Å². The van der Waals surface area contributed by atoms with Gasteiger partial charge in [-0.05, 0) is 37.3 Å². The monoisotopic (exact) mass is 422 g/mol. The number of fused-ring (bicyclic) bond motifs is 5. The zero-order valence-corrected chi connectivity index (χ0v) is 17.9. The van der Waals surface area contributed by atoms with Crippen LogP contribution in [0.4, 0.5) is 0 Å². The molecule has 0 saturated carbocycles. The highest BCUT2D eigenvalue weighted by molar-refractivity contribution is 5.70. The Bertz CT molecular complexity index is 1050. The molecule has 0 bridgehead atoms. The first-order valence-corrected chi connectivity index (χ1v) is 11.1. The molecule has 162 valence electrons. The van der Waals surface area contributed by atoms with Crippen LogP contribution in [-0.4, -0.2) is 44.3 Å². The lowest BCUT2D eigenvalue weighted by atomic mass is 9.92. The number of rotatable bonds is 3. The zero-order valence-electron chi connectivity index (χ0n) is 17.9. The van der Waals surface area contributed by atoms with E-state index in [9.17, 15) is 0 Å². The van der Waals surface area contributed by atoms with Gasteiger partial charge in [-0.15, -0.1) is 0 Å². The molecule has 0 amide bonds. The summed E-state index contributed by atoms with van der Waals surface area (Å²) in [6, 6.07) is 12.3. The van der Waals surface area contributed by atoms with Crippen LogP contribution < -0.4 is 29.3 Å². The van der Waals surface area contributed by atoms with Crippen LogP contribution in [0.15, 0.2) is 42.5 Å². The summed E-state index contributed by atoms with van der Waals surface area (Å²) in [6.07, 6.45) is 4.21. The smallest absolute Gasteiger partial charge is 0.231 e. The van der Waals surface area contributed by atoms with Crippen LogP contribution in [-0.2, 0) is 0 Å². The van der Waals surface area contributed by atoms with Gasteiger partial charge in [-0.1, -0.05) is 12.1 Å². The van der Waals surface area contributed by atoms with Crippen LogP contribution in [0.5, 0.6) is 23.0 Å². The van der Waals surface area contributed by atoms with Crippen molar-refractivity contribution >= 4 is 5.70 Å². The van der Waals surface area contributed by atoms with Crippen molar-refractivity contribution in [2.24, 2.45) is 0 Å². The molecular weight excluding hydrogens is 394 g/mol. The average Bonchev–Trinajstić information content (AvgIpc) is 3.47. The van der Waals surface area contributed by atoms with Gasteiger partial charge in [0.15, 0.2) is 28.7 Å². The second-order valence-corrected chi connectivity index (χ2v) is 8.61. The number of hydrogen-bond donors (Lipinski definition) is 2. The molecule has 1 spiro atoms. The fourth-order valence-corrected chi connectivity index (χ4v) is 5.24. The maximum atomic E-state index is 6.79. The molecule has 1 atom stereocenters. The van der Waals surface area contributed by atoms with Crippen LogP contribution >= 0.6 is 0 Å². The summed E-state index contributed by atoms with van der Waals surface area (Å²) in [5, 5.41) is 2.32. The van der Waals surface area contributed by atoms with Crippen molar-refractivity contribution in [3.05, 3.63) is 53.6 Å². The summed E-state index contributed by atoms with van der Waals surface area (Å²) in [5.41, 5.74) is 6.56. The van der Waals surface area contributed by atoms with Crippen LogP contribution in [0, 0.1) is 0 Å². The molecule has 0 aliphatic carbocycles. The van der Waals surface area contributed by atoms with E-state index in [1.807, 2.05) is 24.3 Å². The lowest BCUT2D eigenvalue weighted by Gasteiger charge is -2.50. The molecular formula is C24H28N3O4+. The van der Waals surface area contributed by atoms with Crippen molar-refractivity contribution in [2.45, 2.75) is 31.5 Å². The number of hydrogen-bond acceptors (Lipinski definition) is 6. The minimum absolute atomic E-state index is 0.0717. The summed E-state index contributed by atoms with van der Waals surface area (Å²) < 4.78 is 23.6. The zero-order chi connectivity index (χ0) is 21.0. The number of benzene rings is 2. The maximum Gasteiger partial charge on any atom is 0.231 e. The number of ether oxygens (including phenoxy) is 4. The first-order chi connectivity index (χ1) is 15.2. The van der Waals surface area contributed by atoms with Crippen molar-refractivity contribution < 1.29 is 23.8 Å². The van der Waals surface area contributed by atoms with E-state index in [2.05, 4.69) is 35.6 Å². The molecule has 2 N–H and O–H groups in total. The highest BCUT2D eigenvalue weighted by Crippen LogP contribution is 2.51. The Labute approximate surface area is 182 Å². The average molecular weight is 423 g/mol. The van der Waals surface area contributed by atoms with E-state index in [0.29, 0.717) is 0 Å². The van der Waals surface area contributed by atoms with Gasteiger partial charge >= 0.3 is 0 Å².